The van der Waals surface area contributed by atoms with Crippen molar-refractivity contribution in [2.45, 2.75) is 33.1 Å². The molecular formula is C26H20ClF3N6O3S. The Bertz CT molecular complexity index is 1640. The molecule has 14 heteroatoms. The van der Waals surface area contributed by atoms with Gasteiger partial charge in [-0.05, 0) is 37.6 Å². The highest BCUT2D eigenvalue weighted by atomic mass is 35.5. The van der Waals surface area contributed by atoms with Gasteiger partial charge in [0.1, 0.15) is 16.6 Å². The third kappa shape index (κ3) is 5.21. The Kier molecular flexibility index (Phi) is 7.19. The molecule has 0 saturated carbocycles. The fourth-order valence-corrected chi connectivity index (χ4v) is 5.50. The Labute approximate surface area is 235 Å². The molecule has 0 spiro atoms. The normalized spacial score (nSPS) is 12.8. The van der Waals surface area contributed by atoms with Crippen LogP contribution in [0.25, 0.3) is 11.1 Å². The number of aromatic nitrogens is 4. The molecule has 0 unspecified atom stereocenters. The highest BCUT2D eigenvalue weighted by Gasteiger charge is 2.36. The number of halogens is 4. The highest BCUT2D eigenvalue weighted by molar-refractivity contribution is 7.16. The lowest BCUT2D eigenvalue weighted by molar-refractivity contribution is -0.138. The Morgan fingerprint density at radius 3 is 2.58 bits per heavy atom. The summed E-state index contributed by atoms with van der Waals surface area (Å²) in [5, 5.41) is 3.31. The maximum Gasteiger partial charge on any atom is 0.416 e. The number of pyridine rings is 3. The van der Waals surface area contributed by atoms with Crippen LogP contribution in [0, 0.1) is 13.8 Å². The summed E-state index contributed by atoms with van der Waals surface area (Å²) in [6.45, 7) is 3.21. The molecule has 4 aromatic heterocycles. The number of anilines is 1. The number of hydrogen-bond donors (Lipinski definition) is 1. The molecule has 0 fully saturated rings. The zero-order chi connectivity index (χ0) is 28.8. The Morgan fingerprint density at radius 2 is 1.88 bits per heavy atom. The summed E-state index contributed by atoms with van der Waals surface area (Å²) in [6.07, 6.45) is -0.712. The fourth-order valence-electron chi connectivity index (χ4n) is 4.36. The Balaban J connectivity index is 1.35. The minimum Gasteiger partial charge on any atom is -0.494 e. The predicted octanol–water partition coefficient (Wildman–Crippen LogP) is 5.70. The van der Waals surface area contributed by atoms with E-state index in [1.54, 1.807) is 19.1 Å². The van der Waals surface area contributed by atoms with E-state index in [4.69, 9.17) is 16.3 Å². The first-order valence-electron chi connectivity index (χ1n) is 11.7. The van der Waals surface area contributed by atoms with Crippen LogP contribution in [0.15, 0.2) is 36.8 Å². The van der Waals surface area contributed by atoms with Crippen LogP contribution in [0.4, 0.5) is 18.3 Å². The monoisotopic (exact) mass is 588 g/mol. The van der Waals surface area contributed by atoms with E-state index in [1.807, 2.05) is 0 Å². The van der Waals surface area contributed by atoms with Crippen molar-refractivity contribution >= 4 is 39.9 Å². The zero-order valence-corrected chi connectivity index (χ0v) is 22.8. The van der Waals surface area contributed by atoms with Crippen molar-refractivity contribution in [1.82, 2.24) is 24.8 Å². The van der Waals surface area contributed by atoms with E-state index in [0.717, 1.165) is 12.3 Å². The molecule has 206 valence electrons. The second-order valence-corrected chi connectivity index (χ2v) is 10.4. The lowest BCUT2D eigenvalue weighted by atomic mass is 10.0. The maximum atomic E-state index is 13.3. The van der Waals surface area contributed by atoms with Gasteiger partial charge in [-0.1, -0.05) is 22.9 Å². The molecule has 40 heavy (non-hydrogen) atoms. The van der Waals surface area contributed by atoms with Crippen LogP contribution < -0.4 is 10.1 Å². The summed E-state index contributed by atoms with van der Waals surface area (Å²) < 4.78 is 45.3. The minimum absolute atomic E-state index is 0.0714. The maximum absolute atomic E-state index is 13.3. The lowest BCUT2D eigenvalue weighted by Gasteiger charge is -2.18. The van der Waals surface area contributed by atoms with E-state index >= 15 is 0 Å². The summed E-state index contributed by atoms with van der Waals surface area (Å²) in [5.74, 6) is -0.672. The second kappa shape index (κ2) is 10.5. The molecule has 1 N–H and O–H groups in total. The van der Waals surface area contributed by atoms with Crippen LogP contribution in [0.2, 0.25) is 5.15 Å². The van der Waals surface area contributed by atoms with Crippen LogP contribution in [0.5, 0.6) is 5.75 Å². The van der Waals surface area contributed by atoms with Crippen LogP contribution in [0.1, 0.15) is 48.2 Å². The third-order valence-electron chi connectivity index (χ3n) is 6.30. The first kappa shape index (κ1) is 27.5. The number of rotatable bonds is 5. The minimum atomic E-state index is -4.60. The van der Waals surface area contributed by atoms with Gasteiger partial charge in [0.05, 0.1) is 48.1 Å². The van der Waals surface area contributed by atoms with Gasteiger partial charge >= 0.3 is 6.18 Å². The van der Waals surface area contributed by atoms with E-state index in [1.165, 1.54) is 42.7 Å². The van der Waals surface area contributed by atoms with Gasteiger partial charge in [0, 0.05) is 29.2 Å². The molecular weight excluding hydrogens is 569 g/mol. The molecule has 0 aromatic carbocycles. The van der Waals surface area contributed by atoms with Crippen molar-refractivity contribution in [1.29, 1.82) is 0 Å². The predicted molar refractivity (Wildman–Crippen MR) is 141 cm³/mol. The van der Waals surface area contributed by atoms with Crippen LogP contribution >= 0.6 is 22.9 Å². The fraction of sp³-hybridized carbons (Fsp3) is 0.231. The zero-order valence-electron chi connectivity index (χ0n) is 21.3. The summed E-state index contributed by atoms with van der Waals surface area (Å²) in [6, 6.07) is 4.17. The number of nitrogens with one attached hydrogen (secondary N) is 1. The summed E-state index contributed by atoms with van der Waals surface area (Å²) in [7, 11) is 1.48. The number of carbonyl (C=O) groups excluding carboxylic acids is 2. The van der Waals surface area contributed by atoms with Crippen molar-refractivity contribution in [2.24, 2.45) is 0 Å². The van der Waals surface area contributed by atoms with E-state index in [9.17, 15) is 22.8 Å². The summed E-state index contributed by atoms with van der Waals surface area (Å²) in [5.41, 5.74) is 1.18. The summed E-state index contributed by atoms with van der Waals surface area (Å²) in [4.78, 5) is 45.0. The van der Waals surface area contributed by atoms with Gasteiger partial charge in [-0.15, -0.1) is 0 Å². The number of ether oxygens (including phenoxy) is 1. The third-order valence-corrected chi connectivity index (χ3v) is 7.51. The smallest absolute Gasteiger partial charge is 0.416 e. The summed E-state index contributed by atoms with van der Waals surface area (Å²) >= 11 is 7.28. The number of carbonyl (C=O) groups is 2. The number of thiazole rings is 1. The molecule has 0 saturated heterocycles. The number of aryl methyl sites for hydroxylation is 1. The van der Waals surface area contributed by atoms with Gasteiger partial charge < -0.3 is 9.64 Å². The molecule has 4 aromatic rings. The molecule has 1 aliphatic rings. The molecule has 2 amide bonds. The molecule has 0 atom stereocenters. The first-order valence-corrected chi connectivity index (χ1v) is 12.9. The lowest BCUT2D eigenvalue weighted by Crippen LogP contribution is -2.28. The van der Waals surface area contributed by atoms with Crippen molar-refractivity contribution in [3.05, 3.63) is 80.6 Å². The number of amides is 2. The van der Waals surface area contributed by atoms with Crippen molar-refractivity contribution in [2.75, 3.05) is 12.4 Å². The second-order valence-electron chi connectivity index (χ2n) is 8.91. The SMILES string of the molecule is COc1cnc(Cl)cc1-c1cc(C)ncc1C(=O)Nc1nc2c(s1)CN(C(=O)c1nccc(C(F)(F)F)c1C)C2. The van der Waals surface area contributed by atoms with Gasteiger partial charge in [0.25, 0.3) is 11.8 Å². The Hall–Kier alpha value is -4.10. The van der Waals surface area contributed by atoms with Crippen molar-refractivity contribution in [3.8, 4) is 16.9 Å². The van der Waals surface area contributed by atoms with Crippen LogP contribution in [-0.2, 0) is 19.3 Å². The molecule has 0 radical (unpaired) electrons. The average Bonchev–Trinajstić information content (AvgIpc) is 3.46. The standard InChI is InChI=1S/C26H20ClF3N6O3S/c1-12-6-14(15-7-21(27)33-9-19(15)39-3)16(8-32-12)23(37)35-25-34-18-10-36(11-20(18)40-25)24(38)22-13(2)17(4-5-31-22)26(28,29)30/h4-9H,10-11H2,1-3H3,(H,34,35,37). The van der Waals surface area contributed by atoms with Gasteiger partial charge in [-0.2, -0.15) is 13.2 Å². The van der Waals surface area contributed by atoms with Crippen molar-refractivity contribution < 1.29 is 27.5 Å². The number of hydrogen-bond acceptors (Lipinski definition) is 8. The average molecular weight is 589 g/mol. The number of methoxy groups -OCH3 is 1. The molecule has 5 rings (SSSR count). The highest BCUT2D eigenvalue weighted by Crippen LogP contribution is 2.37. The Morgan fingerprint density at radius 1 is 1.10 bits per heavy atom. The molecule has 9 nitrogen and oxygen atoms in total. The topological polar surface area (TPSA) is 110 Å². The molecule has 0 aliphatic carbocycles. The van der Waals surface area contributed by atoms with Crippen LogP contribution in [0.3, 0.4) is 0 Å². The van der Waals surface area contributed by atoms with E-state index in [2.05, 4.69) is 25.3 Å². The largest absolute Gasteiger partial charge is 0.494 e. The first-order chi connectivity index (χ1) is 19.0. The quantitative estimate of drug-likeness (QED) is 0.298. The van der Waals surface area contributed by atoms with E-state index < -0.39 is 23.6 Å². The van der Waals surface area contributed by atoms with Gasteiger partial charge in [-0.25, -0.2) is 9.97 Å². The van der Waals surface area contributed by atoms with Gasteiger partial charge in [0.15, 0.2) is 5.13 Å². The molecule has 1 aliphatic heterocycles. The molecule has 0 bridgehead atoms. The van der Waals surface area contributed by atoms with E-state index in [0.29, 0.717) is 38.3 Å². The number of alkyl halides is 3. The van der Waals surface area contributed by atoms with Crippen molar-refractivity contribution in [3.63, 3.8) is 0 Å². The van der Waals surface area contributed by atoms with Crippen LogP contribution in [-0.4, -0.2) is 43.8 Å². The van der Waals surface area contributed by atoms with Gasteiger partial charge in [-0.3, -0.25) is 24.9 Å². The van der Waals surface area contributed by atoms with E-state index in [-0.39, 0.29) is 35.1 Å². The van der Waals surface area contributed by atoms with Gasteiger partial charge in [0.2, 0.25) is 0 Å². The number of nitrogens with zero attached hydrogens (tertiary/aromatic N) is 5. The molecule has 5 heterocycles. The number of fused-ring (bicyclic) bond motifs is 1.